The smallest absolute Gasteiger partial charge is 0.127 e. The van der Waals surface area contributed by atoms with E-state index >= 15 is 0 Å². The molecule has 2 aromatic rings. The van der Waals surface area contributed by atoms with Crippen LogP contribution < -0.4 is 10.5 Å². The average molecular weight is 289 g/mol. The van der Waals surface area contributed by atoms with Gasteiger partial charge in [-0.15, -0.1) is 0 Å². The summed E-state index contributed by atoms with van der Waals surface area (Å²) in [7, 11) is 1.65. The van der Waals surface area contributed by atoms with Gasteiger partial charge in [-0.1, -0.05) is 19.4 Å². The number of benzene rings is 1. The van der Waals surface area contributed by atoms with Gasteiger partial charge in [0.15, 0.2) is 0 Å². The van der Waals surface area contributed by atoms with Crippen molar-refractivity contribution in [1.82, 2.24) is 9.78 Å². The van der Waals surface area contributed by atoms with Gasteiger partial charge in [0.1, 0.15) is 18.2 Å². The van der Waals surface area contributed by atoms with E-state index in [-0.39, 0.29) is 0 Å². The SMILES string of the molecule is CCCCc1cc(N)n(-c2cccc(OCCOC)c2)n1. The number of unbranched alkanes of at least 4 members (excludes halogenated alkanes) is 1. The van der Waals surface area contributed by atoms with E-state index < -0.39 is 0 Å². The Labute approximate surface area is 125 Å². The second-order valence-electron chi connectivity index (χ2n) is 4.91. The lowest BCUT2D eigenvalue weighted by atomic mass is 10.2. The van der Waals surface area contributed by atoms with Gasteiger partial charge in [0.25, 0.3) is 0 Å². The lowest BCUT2D eigenvalue weighted by Gasteiger charge is -2.08. The summed E-state index contributed by atoms with van der Waals surface area (Å²) in [5.74, 6) is 1.43. The monoisotopic (exact) mass is 289 g/mol. The van der Waals surface area contributed by atoms with Crippen LogP contribution in [0.3, 0.4) is 0 Å². The lowest BCUT2D eigenvalue weighted by Crippen LogP contribution is -2.06. The van der Waals surface area contributed by atoms with Crippen molar-refractivity contribution in [2.24, 2.45) is 0 Å². The number of hydrogen-bond donors (Lipinski definition) is 1. The molecular weight excluding hydrogens is 266 g/mol. The summed E-state index contributed by atoms with van der Waals surface area (Å²) in [5.41, 5.74) is 7.99. The Morgan fingerprint density at radius 3 is 2.86 bits per heavy atom. The molecule has 0 aliphatic rings. The number of nitrogens with zero attached hydrogens (tertiary/aromatic N) is 2. The molecule has 0 amide bonds. The van der Waals surface area contributed by atoms with E-state index in [1.165, 1.54) is 0 Å². The van der Waals surface area contributed by atoms with Crippen molar-refractivity contribution in [3.8, 4) is 11.4 Å². The molecule has 1 heterocycles. The maximum Gasteiger partial charge on any atom is 0.127 e. The Hall–Kier alpha value is -2.01. The molecule has 0 unspecified atom stereocenters. The van der Waals surface area contributed by atoms with Crippen molar-refractivity contribution in [3.63, 3.8) is 0 Å². The highest BCUT2D eigenvalue weighted by atomic mass is 16.5. The number of methoxy groups -OCH3 is 1. The van der Waals surface area contributed by atoms with E-state index in [1.54, 1.807) is 11.8 Å². The number of anilines is 1. The number of nitrogens with two attached hydrogens (primary N) is 1. The summed E-state index contributed by atoms with van der Waals surface area (Å²) in [4.78, 5) is 0. The van der Waals surface area contributed by atoms with Crippen LogP contribution in [0.25, 0.3) is 5.69 Å². The van der Waals surface area contributed by atoms with E-state index in [0.29, 0.717) is 19.0 Å². The molecule has 0 aliphatic heterocycles. The van der Waals surface area contributed by atoms with Crippen molar-refractivity contribution in [2.45, 2.75) is 26.2 Å². The van der Waals surface area contributed by atoms with Crippen LogP contribution in [0.15, 0.2) is 30.3 Å². The molecular formula is C16H23N3O2. The zero-order valence-electron chi connectivity index (χ0n) is 12.7. The Balaban J connectivity index is 2.13. The van der Waals surface area contributed by atoms with Crippen LogP contribution in [0, 0.1) is 0 Å². The minimum absolute atomic E-state index is 0.524. The van der Waals surface area contributed by atoms with Crippen LogP contribution >= 0.6 is 0 Å². The topological polar surface area (TPSA) is 62.3 Å². The van der Waals surface area contributed by atoms with Gasteiger partial charge in [0.05, 0.1) is 18.0 Å². The fourth-order valence-electron chi connectivity index (χ4n) is 2.08. The summed E-state index contributed by atoms with van der Waals surface area (Å²) in [5, 5.41) is 4.57. The van der Waals surface area contributed by atoms with Gasteiger partial charge in [0.2, 0.25) is 0 Å². The van der Waals surface area contributed by atoms with Crippen molar-refractivity contribution in [2.75, 3.05) is 26.1 Å². The van der Waals surface area contributed by atoms with Crippen molar-refractivity contribution >= 4 is 5.82 Å². The van der Waals surface area contributed by atoms with E-state index in [2.05, 4.69) is 12.0 Å². The van der Waals surface area contributed by atoms with Crippen molar-refractivity contribution in [3.05, 3.63) is 36.0 Å². The molecule has 2 N–H and O–H groups in total. The second-order valence-corrected chi connectivity index (χ2v) is 4.91. The van der Waals surface area contributed by atoms with Crippen molar-refractivity contribution < 1.29 is 9.47 Å². The molecule has 0 fully saturated rings. The number of hydrogen-bond acceptors (Lipinski definition) is 4. The lowest BCUT2D eigenvalue weighted by molar-refractivity contribution is 0.146. The van der Waals surface area contributed by atoms with Gasteiger partial charge in [-0.05, 0) is 25.0 Å². The van der Waals surface area contributed by atoms with Gasteiger partial charge in [-0.25, -0.2) is 4.68 Å². The molecule has 5 heteroatoms. The molecule has 5 nitrogen and oxygen atoms in total. The Kier molecular flexibility index (Phi) is 5.63. The number of nitrogen functional groups attached to an aromatic ring is 1. The third kappa shape index (κ3) is 4.23. The van der Waals surface area contributed by atoms with Crippen LogP contribution in [-0.4, -0.2) is 30.1 Å². The number of rotatable bonds is 8. The summed E-state index contributed by atoms with van der Waals surface area (Å²) < 4.78 is 12.3. The Morgan fingerprint density at radius 2 is 2.10 bits per heavy atom. The van der Waals surface area contributed by atoms with Crippen LogP contribution in [0.2, 0.25) is 0 Å². The molecule has 21 heavy (non-hydrogen) atoms. The number of ether oxygens (including phenoxy) is 2. The first-order valence-electron chi connectivity index (χ1n) is 7.31. The molecule has 2 rings (SSSR count). The summed E-state index contributed by atoms with van der Waals surface area (Å²) in [6.45, 7) is 3.26. The van der Waals surface area contributed by atoms with Gasteiger partial charge >= 0.3 is 0 Å². The van der Waals surface area contributed by atoms with Crippen LogP contribution in [0.1, 0.15) is 25.5 Å². The quantitative estimate of drug-likeness (QED) is 0.759. The van der Waals surface area contributed by atoms with Crippen LogP contribution in [0.5, 0.6) is 5.75 Å². The molecule has 0 saturated carbocycles. The van der Waals surface area contributed by atoms with E-state index in [9.17, 15) is 0 Å². The summed E-state index contributed by atoms with van der Waals surface area (Å²) in [6, 6.07) is 9.69. The largest absolute Gasteiger partial charge is 0.491 e. The molecule has 0 aliphatic carbocycles. The zero-order chi connectivity index (χ0) is 15.1. The van der Waals surface area contributed by atoms with Crippen LogP contribution in [0.4, 0.5) is 5.82 Å². The predicted molar refractivity (Wildman–Crippen MR) is 84.0 cm³/mol. The minimum Gasteiger partial charge on any atom is -0.491 e. The molecule has 1 aromatic heterocycles. The minimum atomic E-state index is 0.524. The van der Waals surface area contributed by atoms with Gasteiger partial charge in [-0.2, -0.15) is 5.10 Å². The molecule has 0 bridgehead atoms. The summed E-state index contributed by atoms with van der Waals surface area (Å²) in [6.07, 6.45) is 3.23. The first-order chi connectivity index (χ1) is 10.2. The summed E-state index contributed by atoms with van der Waals surface area (Å²) >= 11 is 0. The maximum absolute atomic E-state index is 6.06. The normalized spacial score (nSPS) is 10.8. The van der Waals surface area contributed by atoms with E-state index in [4.69, 9.17) is 15.2 Å². The van der Waals surface area contributed by atoms with E-state index in [1.807, 2.05) is 30.3 Å². The highest BCUT2D eigenvalue weighted by Crippen LogP contribution is 2.20. The maximum atomic E-state index is 6.06. The van der Waals surface area contributed by atoms with Gasteiger partial charge in [0, 0.05) is 19.2 Å². The number of aryl methyl sites for hydroxylation is 1. The second kappa shape index (κ2) is 7.69. The molecule has 0 atom stereocenters. The van der Waals surface area contributed by atoms with Crippen molar-refractivity contribution in [1.29, 1.82) is 0 Å². The molecule has 114 valence electrons. The first kappa shape index (κ1) is 15.4. The van der Waals surface area contributed by atoms with Crippen LogP contribution in [-0.2, 0) is 11.2 Å². The molecule has 1 aromatic carbocycles. The molecule has 0 spiro atoms. The Morgan fingerprint density at radius 1 is 1.24 bits per heavy atom. The first-order valence-corrected chi connectivity index (χ1v) is 7.31. The van der Waals surface area contributed by atoms with Gasteiger partial charge < -0.3 is 15.2 Å². The average Bonchev–Trinajstić information content (AvgIpc) is 2.87. The predicted octanol–water partition coefficient (Wildman–Crippen LogP) is 2.82. The fraction of sp³-hybridized carbons (Fsp3) is 0.438. The molecule has 0 radical (unpaired) electrons. The fourth-order valence-corrected chi connectivity index (χ4v) is 2.08. The highest BCUT2D eigenvalue weighted by molar-refractivity contribution is 5.46. The molecule has 0 saturated heterocycles. The standard InChI is InChI=1S/C16H23N3O2/c1-3-4-6-13-11-16(17)19(18-13)14-7-5-8-15(12-14)21-10-9-20-2/h5,7-8,11-12H,3-4,6,9-10,17H2,1-2H3. The van der Waals surface area contributed by atoms with E-state index in [0.717, 1.165) is 36.4 Å². The third-order valence-electron chi connectivity index (χ3n) is 3.19. The number of aromatic nitrogens is 2. The van der Waals surface area contributed by atoms with Gasteiger partial charge in [-0.3, -0.25) is 0 Å². The zero-order valence-corrected chi connectivity index (χ0v) is 12.7. The highest BCUT2D eigenvalue weighted by Gasteiger charge is 2.07. The Bertz CT molecular complexity index is 566. The third-order valence-corrected chi connectivity index (χ3v) is 3.19.